The van der Waals surface area contributed by atoms with Crippen LogP contribution in [0.1, 0.15) is 30.3 Å². The Morgan fingerprint density at radius 3 is 2.79 bits per heavy atom. The summed E-state index contributed by atoms with van der Waals surface area (Å²) >= 11 is 3.56. The first-order valence-electron chi connectivity index (χ1n) is 6.51. The first kappa shape index (κ1) is 14.2. The highest BCUT2D eigenvalue weighted by atomic mass is 79.9. The van der Waals surface area contributed by atoms with E-state index in [1.807, 2.05) is 30.8 Å². The average Bonchev–Trinajstić information content (AvgIpc) is 2.67. The Kier molecular flexibility index (Phi) is 4.71. The Morgan fingerprint density at radius 1 is 1.37 bits per heavy atom. The highest BCUT2D eigenvalue weighted by Crippen LogP contribution is 2.23. The molecule has 0 aromatic carbocycles. The van der Waals surface area contributed by atoms with E-state index in [0.717, 1.165) is 46.8 Å². The van der Waals surface area contributed by atoms with Gasteiger partial charge in [-0.15, -0.1) is 0 Å². The summed E-state index contributed by atoms with van der Waals surface area (Å²) in [5.41, 5.74) is 3.22. The van der Waals surface area contributed by atoms with Crippen LogP contribution in [0.15, 0.2) is 22.8 Å². The van der Waals surface area contributed by atoms with Gasteiger partial charge >= 0.3 is 0 Å². The van der Waals surface area contributed by atoms with E-state index in [2.05, 4.69) is 44.3 Å². The number of nitrogens with zero attached hydrogens (tertiary/aromatic N) is 3. The number of hydrogen-bond donors (Lipinski definition) is 1. The molecule has 102 valence electrons. The van der Waals surface area contributed by atoms with E-state index >= 15 is 0 Å². The molecule has 0 radical (unpaired) electrons. The van der Waals surface area contributed by atoms with E-state index in [-0.39, 0.29) is 0 Å². The van der Waals surface area contributed by atoms with Crippen LogP contribution in [0, 0.1) is 13.8 Å². The minimum Gasteiger partial charge on any atom is -0.313 e. The molecule has 2 rings (SSSR count). The van der Waals surface area contributed by atoms with Crippen LogP contribution >= 0.6 is 15.9 Å². The summed E-state index contributed by atoms with van der Waals surface area (Å²) in [6.07, 6.45) is 2.93. The molecule has 5 heteroatoms. The Balaban J connectivity index is 2.36. The number of nitrogens with one attached hydrogen (secondary N) is 1. The number of rotatable bonds is 5. The van der Waals surface area contributed by atoms with Crippen molar-refractivity contribution in [3.63, 3.8) is 0 Å². The lowest BCUT2D eigenvalue weighted by Gasteiger charge is -2.10. The molecular weight excluding hydrogens is 304 g/mol. The van der Waals surface area contributed by atoms with Crippen molar-refractivity contribution >= 4 is 15.9 Å². The lowest BCUT2D eigenvalue weighted by molar-refractivity contribution is 0.664. The van der Waals surface area contributed by atoms with Crippen LogP contribution in [0.4, 0.5) is 0 Å². The topological polar surface area (TPSA) is 42.7 Å². The third-order valence-corrected chi connectivity index (χ3v) is 4.16. The molecule has 0 bridgehead atoms. The molecule has 2 aromatic heterocycles. The number of hydrogen-bond acceptors (Lipinski definition) is 3. The van der Waals surface area contributed by atoms with Gasteiger partial charge in [-0.3, -0.25) is 0 Å². The molecular formula is C14H19BrN4. The normalized spacial score (nSPS) is 10.9. The van der Waals surface area contributed by atoms with Crippen molar-refractivity contribution in [1.29, 1.82) is 0 Å². The average molecular weight is 323 g/mol. The number of halogens is 1. The van der Waals surface area contributed by atoms with Gasteiger partial charge in [-0.2, -0.15) is 5.10 Å². The van der Waals surface area contributed by atoms with Gasteiger partial charge in [0.05, 0.1) is 15.9 Å². The molecule has 0 aliphatic heterocycles. The Morgan fingerprint density at radius 2 is 2.16 bits per heavy atom. The van der Waals surface area contributed by atoms with E-state index in [1.54, 1.807) is 0 Å². The molecule has 0 spiro atoms. The summed E-state index contributed by atoms with van der Waals surface area (Å²) in [6, 6.07) is 4.06. The maximum Gasteiger partial charge on any atom is 0.158 e. The quantitative estimate of drug-likeness (QED) is 0.860. The zero-order chi connectivity index (χ0) is 13.8. The molecule has 0 unspecified atom stereocenters. The van der Waals surface area contributed by atoms with Gasteiger partial charge in [0.1, 0.15) is 0 Å². The van der Waals surface area contributed by atoms with Gasteiger partial charge in [-0.05, 0) is 48.8 Å². The van der Waals surface area contributed by atoms with E-state index in [9.17, 15) is 0 Å². The fraction of sp³-hybridized carbons (Fsp3) is 0.429. The van der Waals surface area contributed by atoms with Crippen molar-refractivity contribution in [1.82, 2.24) is 20.1 Å². The lowest BCUT2D eigenvalue weighted by atomic mass is 10.2. The molecule has 0 saturated carbocycles. The molecule has 2 heterocycles. The van der Waals surface area contributed by atoms with E-state index < -0.39 is 0 Å². The fourth-order valence-corrected chi connectivity index (χ4v) is 2.24. The Hall–Kier alpha value is -1.20. The smallest absolute Gasteiger partial charge is 0.158 e. The van der Waals surface area contributed by atoms with Crippen LogP contribution in [-0.4, -0.2) is 21.3 Å². The van der Waals surface area contributed by atoms with Gasteiger partial charge in [0.15, 0.2) is 5.82 Å². The van der Waals surface area contributed by atoms with Crippen LogP contribution < -0.4 is 5.32 Å². The van der Waals surface area contributed by atoms with Crippen molar-refractivity contribution in [2.24, 2.45) is 0 Å². The van der Waals surface area contributed by atoms with Crippen molar-refractivity contribution in [3.8, 4) is 5.82 Å². The van der Waals surface area contributed by atoms with Crippen LogP contribution in [-0.2, 0) is 6.54 Å². The molecule has 0 fully saturated rings. The Bertz CT molecular complexity index is 563. The number of aromatic nitrogens is 3. The zero-order valence-corrected chi connectivity index (χ0v) is 13.2. The number of aryl methyl sites for hydroxylation is 1. The van der Waals surface area contributed by atoms with Gasteiger partial charge < -0.3 is 5.32 Å². The van der Waals surface area contributed by atoms with E-state index in [4.69, 9.17) is 0 Å². The second-order valence-electron chi connectivity index (χ2n) is 4.56. The van der Waals surface area contributed by atoms with Crippen LogP contribution in [0.2, 0.25) is 0 Å². The second kappa shape index (κ2) is 6.30. The maximum absolute atomic E-state index is 4.55. The maximum atomic E-state index is 4.55. The minimum absolute atomic E-state index is 0.812. The van der Waals surface area contributed by atoms with Crippen LogP contribution in [0.3, 0.4) is 0 Å². The van der Waals surface area contributed by atoms with Gasteiger partial charge in [-0.25, -0.2) is 9.67 Å². The third kappa shape index (κ3) is 3.04. The van der Waals surface area contributed by atoms with Crippen molar-refractivity contribution in [2.75, 3.05) is 6.54 Å². The molecule has 19 heavy (non-hydrogen) atoms. The second-order valence-corrected chi connectivity index (χ2v) is 5.35. The van der Waals surface area contributed by atoms with Gasteiger partial charge in [0, 0.05) is 18.3 Å². The first-order valence-corrected chi connectivity index (χ1v) is 7.31. The highest BCUT2D eigenvalue weighted by Gasteiger charge is 2.13. The minimum atomic E-state index is 0.812. The molecule has 0 aliphatic rings. The summed E-state index contributed by atoms with van der Waals surface area (Å²) in [5.74, 6) is 0.900. The fourth-order valence-electron chi connectivity index (χ4n) is 1.99. The molecule has 2 aromatic rings. The molecule has 0 amide bonds. The monoisotopic (exact) mass is 322 g/mol. The van der Waals surface area contributed by atoms with Crippen molar-refractivity contribution in [3.05, 3.63) is 39.8 Å². The van der Waals surface area contributed by atoms with Crippen molar-refractivity contribution in [2.45, 2.75) is 33.7 Å². The summed E-state index contributed by atoms with van der Waals surface area (Å²) in [7, 11) is 0. The third-order valence-electron chi connectivity index (χ3n) is 3.01. The molecule has 4 nitrogen and oxygen atoms in total. The molecule has 1 N–H and O–H groups in total. The Labute approximate surface area is 122 Å². The van der Waals surface area contributed by atoms with Gasteiger partial charge in [0.2, 0.25) is 0 Å². The van der Waals surface area contributed by atoms with Crippen LogP contribution in [0.25, 0.3) is 5.82 Å². The summed E-state index contributed by atoms with van der Waals surface area (Å²) in [6.45, 7) is 8.02. The largest absolute Gasteiger partial charge is 0.313 e. The summed E-state index contributed by atoms with van der Waals surface area (Å²) in [5, 5.41) is 7.96. The molecule has 0 saturated heterocycles. The molecule has 0 aliphatic carbocycles. The van der Waals surface area contributed by atoms with Crippen LogP contribution in [0.5, 0.6) is 0 Å². The van der Waals surface area contributed by atoms with Gasteiger partial charge in [0.25, 0.3) is 0 Å². The summed E-state index contributed by atoms with van der Waals surface area (Å²) in [4.78, 5) is 4.48. The number of pyridine rings is 1. The SMILES string of the molecule is CCCNCc1cccnc1-n1nc(C)c(Br)c1C. The first-order chi connectivity index (χ1) is 9.15. The van der Waals surface area contributed by atoms with Crippen molar-refractivity contribution < 1.29 is 0 Å². The van der Waals surface area contributed by atoms with E-state index in [0.29, 0.717) is 0 Å². The summed E-state index contributed by atoms with van der Waals surface area (Å²) < 4.78 is 2.95. The van der Waals surface area contributed by atoms with E-state index in [1.165, 1.54) is 0 Å². The lowest BCUT2D eigenvalue weighted by Crippen LogP contribution is -2.16. The molecule has 0 atom stereocenters. The predicted octanol–water partition coefficient (Wildman–Crippen LogP) is 3.15. The highest BCUT2D eigenvalue weighted by molar-refractivity contribution is 9.10. The zero-order valence-electron chi connectivity index (χ0n) is 11.6. The predicted molar refractivity (Wildman–Crippen MR) is 80.5 cm³/mol. The standard InChI is InChI=1S/C14H19BrN4/c1-4-7-16-9-12-6-5-8-17-14(12)19-11(3)13(15)10(2)18-19/h5-6,8,16H,4,7,9H2,1-3H3. The van der Waals surface area contributed by atoms with Gasteiger partial charge in [-0.1, -0.05) is 13.0 Å².